The highest BCUT2D eigenvalue weighted by Gasteiger charge is 2.30. The number of hydrogen-bond acceptors (Lipinski definition) is 5. The molecule has 182 valence electrons. The number of phenolic OH excluding ortho intramolecular Hbond substituents is 2. The van der Waals surface area contributed by atoms with Gasteiger partial charge in [-0.05, 0) is 85.0 Å². The molecule has 2 heterocycles. The molecule has 2 unspecified atom stereocenters. The molecule has 2 aliphatic rings. The van der Waals surface area contributed by atoms with E-state index in [-0.39, 0.29) is 18.0 Å². The van der Waals surface area contributed by atoms with E-state index >= 15 is 0 Å². The average molecular weight is 476 g/mol. The summed E-state index contributed by atoms with van der Waals surface area (Å²) in [7, 11) is 0. The Morgan fingerprint density at radius 2 is 1.83 bits per heavy atom. The van der Waals surface area contributed by atoms with Crippen LogP contribution in [0.3, 0.4) is 0 Å². The van der Waals surface area contributed by atoms with E-state index < -0.39 is 12.5 Å². The van der Waals surface area contributed by atoms with Gasteiger partial charge in [0.05, 0.1) is 6.54 Å². The van der Waals surface area contributed by atoms with Gasteiger partial charge in [-0.25, -0.2) is 4.39 Å². The fraction of sp³-hybridized carbons (Fsp3) is 0.310. The summed E-state index contributed by atoms with van der Waals surface area (Å²) in [6.45, 7) is 6.25. The maximum Gasteiger partial charge on any atom is 0.251 e. The number of benzene rings is 3. The van der Waals surface area contributed by atoms with Crippen LogP contribution in [0.25, 0.3) is 11.1 Å². The highest BCUT2D eigenvalue weighted by atomic mass is 19.1. The lowest BCUT2D eigenvalue weighted by Crippen LogP contribution is -2.31. The molecule has 0 bridgehead atoms. The van der Waals surface area contributed by atoms with E-state index in [0.29, 0.717) is 17.4 Å². The monoisotopic (exact) mass is 475 g/mol. The van der Waals surface area contributed by atoms with Crippen molar-refractivity contribution in [2.45, 2.75) is 32.7 Å². The third-order valence-electron chi connectivity index (χ3n) is 6.79. The van der Waals surface area contributed by atoms with Crippen LogP contribution in [-0.2, 0) is 0 Å². The summed E-state index contributed by atoms with van der Waals surface area (Å²) in [6, 6.07) is 19.4. The summed E-state index contributed by atoms with van der Waals surface area (Å²) in [6.07, 6.45) is -0.739. The van der Waals surface area contributed by atoms with Crippen molar-refractivity contribution in [2.75, 3.05) is 19.6 Å². The highest BCUT2D eigenvalue weighted by Crippen LogP contribution is 2.47. The van der Waals surface area contributed by atoms with Crippen LogP contribution in [0.4, 0.5) is 4.39 Å². The molecule has 1 saturated heterocycles. The molecule has 0 spiro atoms. The van der Waals surface area contributed by atoms with E-state index in [4.69, 9.17) is 9.47 Å². The molecule has 0 amide bonds. The summed E-state index contributed by atoms with van der Waals surface area (Å²) in [5, 5.41) is 20.1. The van der Waals surface area contributed by atoms with E-state index in [1.54, 1.807) is 48.5 Å². The van der Waals surface area contributed by atoms with Gasteiger partial charge >= 0.3 is 0 Å². The fourth-order valence-electron chi connectivity index (χ4n) is 5.02. The summed E-state index contributed by atoms with van der Waals surface area (Å²) < 4.78 is 26.5. The number of fused-ring (bicyclic) bond motifs is 1. The second-order valence-electron chi connectivity index (χ2n) is 9.52. The van der Waals surface area contributed by atoms with Gasteiger partial charge in [0, 0.05) is 17.7 Å². The second kappa shape index (κ2) is 9.62. The van der Waals surface area contributed by atoms with Crippen LogP contribution in [0.2, 0.25) is 0 Å². The Bertz CT molecular complexity index is 1240. The molecule has 2 N–H and O–H groups in total. The normalized spacial score (nSPS) is 20.9. The highest BCUT2D eigenvalue weighted by molar-refractivity contribution is 5.95. The molecule has 5 rings (SSSR count). The van der Waals surface area contributed by atoms with E-state index in [1.807, 2.05) is 25.1 Å². The molecule has 6 heteroatoms. The lowest BCUT2D eigenvalue weighted by molar-refractivity contribution is 0.0356. The number of likely N-dealkylation sites (tertiary alicyclic amines) is 1. The number of alkyl halides is 1. The topological polar surface area (TPSA) is 62.2 Å². The zero-order valence-corrected chi connectivity index (χ0v) is 19.9. The van der Waals surface area contributed by atoms with Crippen molar-refractivity contribution in [3.05, 3.63) is 83.4 Å². The number of halogens is 1. The zero-order chi connectivity index (χ0) is 24.5. The number of phenols is 2. The van der Waals surface area contributed by atoms with Crippen molar-refractivity contribution in [2.24, 2.45) is 5.92 Å². The minimum atomic E-state index is -1.39. The molecule has 0 saturated carbocycles. The lowest BCUT2D eigenvalue weighted by atomic mass is 9.86. The van der Waals surface area contributed by atoms with Crippen molar-refractivity contribution in [3.8, 4) is 23.0 Å². The third-order valence-corrected chi connectivity index (χ3v) is 6.79. The van der Waals surface area contributed by atoms with Crippen LogP contribution in [0.1, 0.15) is 43.1 Å². The number of aromatic hydroxyl groups is 2. The van der Waals surface area contributed by atoms with E-state index in [1.165, 1.54) is 0 Å². The predicted octanol–water partition coefficient (Wildman–Crippen LogP) is 6.18. The van der Waals surface area contributed by atoms with Crippen molar-refractivity contribution >= 4 is 11.1 Å². The number of rotatable bonds is 6. The van der Waals surface area contributed by atoms with Crippen molar-refractivity contribution < 1.29 is 24.1 Å². The van der Waals surface area contributed by atoms with Gasteiger partial charge in [-0.15, -0.1) is 0 Å². The summed E-state index contributed by atoms with van der Waals surface area (Å²) in [5.74, 6) is 2.05. The van der Waals surface area contributed by atoms with Crippen molar-refractivity contribution in [1.29, 1.82) is 0 Å². The molecule has 0 aromatic heterocycles. The van der Waals surface area contributed by atoms with Gasteiger partial charge in [0.2, 0.25) is 0 Å². The molecule has 3 aromatic rings. The average Bonchev–Trinajstić information content (AvgIpc) is 3.24. The quantitative estimate of drug-likeness (QED) is 0.446. The Morgan fingerprint density at radius 3 is 2.54 bits per heavy atom. The maximum atomic E-state index is 14.6. The second-order valence-corrected chi connectivity index (χ2v) is 9.52. The van der Waals surface area contributed by atoms with Gasteiger partial charge in [-0.2, -0.15) is 0 Å². The Hall–Kier alpha value is -3.51. The molecule has 0 radical (unpaired) electrons. The first-order valence-electron chi connectivity index (χ1n) is 12.0. The number of hydrogen-bond donors (Lipinski definition) is 2. The minimum Gasteiger partial charge on any atom is -0.508 e. The zero-order valence-electron chi connectivity index (χ0n) is 19.9. The summed E-state index contributed by atoms with van der Waals surface area (Å²) >= 11 is 0. The number of nitrogens with zero attached hydrogens (tertiary/aromatic N) is 1. The largest absolute Gasteiger partial charge is 0.508 e. The molecule has 1 fully saturated rings. The molecule has 3 atom stereocenters. The molecule has 3 aromatic carbocycles. The predicted molar refractivity (Wildman–Crippen MR) is 134 cm³/mol. The molecular weight excluding hydrogens is 445 g/mol. The van der Waals surface area contributed by atoms with Crippen LogP contribution in [0.5, 0.6) is 23.0 Å². The van der Waals surface area contributed by atoms with Gasteiger partial charge in [0.15, 0.2) is 0 Å². The van der Waals surface area contributed by atoms with Crippen LogP contribution in [0.15, 0.2) is 66.7 Å². The van der Waals surface area contributed by atoms with Crippen LogP contribution in [0, 0.1) is 5.92 Å². The molecule has 0 aliphatic carbocycles. The van der Waals surface area contributed by atoms with Gasteiger partial charge in [-0.1, -0.05) is 31.2 Å². The Balaban J connectivity index is 1.42. The summed E-state index contributed by atoms with van der Waals surface area (Å²) in [5.41, 5.74) is 4.33. The molecular formula is C29H30FNO4. The lowest BCUT2D eigenvalue weighted by Gasteiger charge is -2.31. The Kier molecular flexibility index (Phi) is 6.39. The van der Waals surface area contributed by atoms with Gasteiger partial charge in [0.1, 0.15) is 29.1 Å². The molecule has 2 aliphatic heterocycles. The standard InChI is InChI=1S/C29H30FNO4/c1-18-12-13-31(16-18)17-27(30)34-24-9-6-20(7-10-24)29-28(21-4-3-5-22(32)14-21)19(2)25-15-23(33)8-11-26(25)35-29/h3-11,14-15,18,27,29,32-33H,12-13,16-17H2,1-2H3/t18-,27?,29?/m1/s1. The molecule has 35 heavy (non-hydrogen) atoms. The van der Waals surface area contributed by atoms with E-state index in [2.05, 4.69) is 11.8 Å². The first-order valence-corrected chi connectivity index (χ1v) is 12.0. The van der Waals surface area contributed by atoms with Gasteiger partial charge in [-0.3, -0.25) is 4.90 Å². The Morgan fingerprint density at radius 1 is 1.06 bits per heavy atom. The summed E-state index contributed by atoms with van der Waals surface area (Å²) in [4.78, 5) is 2.10. The van der Waals surface area contributed by atoms with E-state index in [9.17, 15) is 14.6 Å². The van der Waals surface area contributed by atoms with Crippen LogP contribution < -0.4 is 9.47 Å². The SMILES string of the molecule is CC1=C(c2cccc(O)c2)C(c2ccc(OC(F)CN3CC[C@@H](C)C3)cc2)Oc2ccc(O)cc21. The Labute approximate surface area is 205 Å². The number of ether oxygens (including phenoxy) is 2. The van der Waals surface area contributed by atoms with Crippen LogP contribution >= 0.6 is 0 Å². The number of allylic oxidation sites excluding steroid dienone is 1. The first kappa shape index (κ1) is 23.2. The minimum absolute atomic E-state index is 0.158. The molecule has 5 nitrogen and oxygen atoms in total. The smallest absolute Gasteiger partial charge is 0.251 e. The van der Waals surface area contributed by atoms with Crippen molar-refractivity contribution in [1.82, 2.24) is 4.90 Å². The van der Waals surface area contributed by atoms with Crippen molar-refractivity contribution in [3.63, 3.8) is 0 Å². The van der Waals surface area contributed by atoms with Gasteiger partial charge < -0.3 is 19.7 Å². The van der Waals surface area contributed by atoms with Crippen LogP contribution in [-0.4, -0.2) is 41.1 Å². The maximum absolute atomic E-state index is 14.6. The fourth-order valence-corrected chi connectivity index (χ4v) is 5.02. The van der Waals surface area contributed by atoms with E-state index in [0.717, 1.165) is 47.3 Å². The first-order chi connectivity index (χ1) is 16.9. The third kappa shape index (κ3) is 4.98. The van der Waals surface area contributed by atoms with Gasteiger partial charge in [0.25, 0.3) is 6.36 Å².